The molecule has 1 rings (SSSR count). The molecule has 0 spiro atoms. The Kier molecular flexibility index (Phi) is 13.7. The fraction of sp³-hybridized carbons (Fsp3) is 0.533. The van der Waals surface area contributed by atoms with Crippen LogP contribution in [0.2, 0.25) is 0 Å². The van der Waals surface area contributed by atoms with Crippen molar-refractivity contribution >= 4 is 26.8 Å². The third-order valence-electron chi connectivity index (χ3n) is 2.94. The Bertz CT molecular complexity index is 706. The monoisotopic (exact) mass is 417 g/mol. The summed E-state index contributed by atoms with van der Waals surface area (Å²) in [6.45, 7) is 3.22. The largest absolute Gasteiger partial charge is 1.00 e. The SMILES string of the molecule is CC(C)(COC(=O)c1ccccc1)COS(=O)(=O)CCC[S-](=O)=O.[Na+].[OH-]. The molecule has 8 nitrogen and oxygen atoms in total. The van der Waals surface area contributed by atoms with Crippen molar-refractivity contribution in [1.29, 1.82) is 0 Å². The second-order valence-corrected chi connectivity index (χ2v) is 8.77. The van der Waals surface area contributed by atoms with Crippen LogP contribution < -0.4 is 29.6 Å². The fourth-order valence-corrected chi connectivity index (χ4v) is 3.30. The molecule has 0 fully saturated rings. The average Bonchev–Trinajstić information content (AvgIpc) is 2.51. The van der Waals surface area contributed by atoms with Crippen molar-refractivity contribution in [3.8, 4) is 0 Å². The Labute approximate surface area is 177 Å². The van der Waals surface area contributed by atoms with Crippen LogP contribution in [0.15, 0.2) is 30.3 Å². The quantitative estimate of drug-likeness (QED) is 0.199. The van der Waals surface area contributed by atoms with Crippen LogP contribution in [-0.4, -0.2) is 44.6 Å². The van der Waals surface area contributed by atoms with Crippen molar-refractivity contribution in [3.05, 3.63) is 35.9 Å². The number of esters is 1. The topological polar surface area (TPSA) is 134 Å². The number of carbonyl (C=O) groups excluding carboxylic acids is 1. The normalized spacial score (nSPS) is 11.3. The molecule has 0 bridgehead atoms. The van der Waals surface area contributed by atoms with E-state index in [0.29, 0.717) is 5.56 Å². The van der Waals surface area contributed by atoms with E-state index in [1.165, 1.54) is 0 Å². The molecule has 0 saturated heterocycles. The van der Waals surface area contributed by atoms with Gasteiger partial charge in [0.1, 0.15) is 0 Å². The summed E-state index contributed by atoms with van der Waals surface area (Å²) in [6, 6.07) is 8.45. The minimum absolute atomic E-state index is 0. The molecular weight excluding hydrogens is 395 g/mol. The Morgan fingerprint density at radius 1 is 1.12 bits per heavy atom. The second kappa shape index (κ2) is 12.8. The van der Waals surface area contributed by atoms with Crippen molar-refractivity contribution in [2.75, 3.05) is 24.7 Å². The van der Waals surface area contributed by atoms with Gasteiger partial charge in [0, 0.05) is 5.41 Å². The first-order valence-electron chi connectivity index (χ1n) is 7.26. The molecule has 1 aromatic carbocycles. The molecule has 1 aromatic rings. The number of ether oxygens (including phenoxy) is 1. The van der Waals surface area contributed by atoms with Crippen molar-refractivity contribution in [3.63, 3.8) is 0 Å². The van der Waals surface area contributed by atoms with Crippen molar-refractivity contribution in [2.24, 2.45) is 5.41 Å². The summed E-state index contributed by atoms with van der Waals surface area (Å²) in [6.07, 6.45) is -0.0259. The average molecular weight is 417 g/mol. The first kappa shape index (κ1) is 27.7. The Morgan fingerprint density at radius 2 is 1.69 bits per heavy atom. The maximum absolute atomic E-state index is 11.9. The molecule has 0 radical (unpaired) electrons. The van der Waals surface area contributed by atoms with Gasteiger partial charge in [0.15, 0.2) is 0 Å². The minimum atomic E-state index is -3.81. The van der Waals surface area contributed by atoms with E-state index in [-0.39, 0.29) is 66.2 Å². The fourth-order valence-electron chi connectivity index (χ4n) is 1.62. The molecule has 0 aliphatic rings. The predicted molar refractivity (Wildman–Crippen MR) is 90.4 cm³/mol. The molecule has 0 aliphatic heterocycles. The first-order chi connectivity index (χ1) is 11.1. The summed E-state index contributed by atoms with van der Waals surface area (Å²) < 4.78 is 54.2. The molecular formula is C15H22NaO8S2-. The predicted octanol–water partition coefficient (Wildman–Crippen LogP) is -1.26. The van der Waals surface area contributed by atoms with Crippen molar-refractivity contribution in [1.82, 2.24) is 0 Å². The van der Waals surface area contributed by atoms with Crippen molar-refractivity contribution < 1.29 is 65.6 Å². The summed E-state index contributed by atoms with van der Waals surface area (Å²) in [4.78, 5) is 11.9. The minimum Gasteiger partial charge on any atom is -0.870 e. The van der Waals surface area contributed by atoms with Crippen LogP contribution in [0.3, 0.4) is 0 Å². The van der Waals surface area contributed by atoms with E-state index in [9.17, 15) is 21.6 Å². The third kappa shape index (κ3) is 12.0. The number of hydrogen-bond donors (Lipinski definition) is 0. The molecule has 0 saturated carbocycles. The zero-order chi connectivity index (χ0) is 18.2. The Balaban J connectivity index is 0. The van der Waals surface area contributed by atoms with Crippen LogP contribution in [0.4, 0.5) is 0 Å². The molecule has 26 heavy (non-hydrogen) atoms. The Hall–Kier alpha value is -0.490. The summed E-state index contributed by atoms with van der Waals surface area (Å²) in [7, 11) is -6.09. The molecule has 0 atom stereocenters. The number of carbonyl (C=O) groups is 1. The molecule has 0 unspecified atom stereocenters. The van der Waals surface area contributed by atoms with Gasteiger partial charge >= 0.3 is 35.5 Å². The Morgan fingerprint density at radius 3 is 2.23 bits per heavy atom. The van der Waals surface area contributed by atoms with Gasteiger partial charge < -0.3 is 18.6 Å². The smallest absolute Gasteiger partial charge is 0.870 e. The van der Waals surface area contributed by atoms with Gasteiger partial charge in [-0.15, -0.1) is 0 Å². The number of rotatable bonds is 10. The van der Waals surface area contributed by atoms with E-state index in [2.05, 4.69) is 0 Å². The molecule has 0 amide bonds. The van der Waals surface area contributed by atoms with E-state index in [1.807, 2.05) is 0 Å². The molecule has 0 aromatic heterocycles. The number of benzene rings is 1. The van der Waals surface area contributed by atoms with Crippen LogP contribution in [0.1, 0.15) is 30.6 Å². The van der Waals surface area contributed by atoms with Gasteiger partial charge in [-0.05, 0) is 12.1 Å². The van der Waals surface area contributed by atoms with Gasteiger partial charge in [0.25, 0.3) is 10.1 Å². The summed E-state index contributed by atoms with van der Waals surface area (Å²) in [5, 5.41) is 0. The molecule has 0 aliphatic carbocycles. The van der Waals surface area contributed by atoms with Crippen molar-refractivity contribution in [2.45, 2.75) is 20.3 Å². The maximum atomic E-state index is 11.9. The zero-order valence-corrected chi connectivity index (χ0v) is 18.7. The van der Waals surface area contributed by atoms with Gasteiger partial charge in [-0.2, -0.15) is 8.42 Å². The van der Waals surface area contributed by atoms with Gasteiger partial charge in [-0.25, -0.2) is 4.79 Å². The molecule has 0 heterocycles. The maximum Gasteiger partial charge on any atom is 1.00 e. The van der Waals surface area contributed by atoms with E-state index in [1.54, 1.807) is 44.2 Å². The first-order valence-corrected chi connectivity index (χ1v) is 10.1. The summed E-state index contributed by atoms with van der Waals surface area (Å²) in [5.74, 6) is -1.11. The van der Waals surface area contributed by atoms with E-state index in [4.69, 9.17) is 8.92 Å². The standard InChI is InChI=1S/C15H21O7S2.Na.H2O/c1-15(2,11-21-14(16)13-7-4-3-5-8-13)12-22-24(19,20)10-6-9-23(17)18;;/h3-5,7-8H,6,9-12H2,1-2H3;;1H2/q-1;+1;/p-1. The van der Waals surface area contributed by atoms with Crippen LogP contribution in [0, 0.1) is 5.41 Å². The van der Waals surface area contributed by atoms with Crippen LogP contribution in [0.25, 0.3) is 0 Å². The van der Waals surface area contributed by atoms with E-state index >= 15 is 0 Å². The van der Waals surface area contributed by atoms with Crippen LogP contribution in [-0.2, 0) is 38.2 Å². The van der Waals surface area contributed by atoms with E-state index in [0.717, 1.165) is 0 Å². The van der Waals surface area contributed by atoms with Gasteiger partial charge in [-0.1, -0.05) is 54.9 Å². The summed E-state index contributed by atoms with van der Waals surface area (Å²) >= 11 is 0. The molecule has 144 valence electrons. The van der Waals surface area contributed by atoms with Gasteiger partial charge in [0.05, 0.1) is 24.5 Å². The van der Waals surface area contributed by atoms with Gasteiger partial charge in [-0.3, -0.25) is 4.18 Å². The zero-order valence-electron chi connectivity index (χ0n) is 15.0. The summed E-state index contributed by atoms with van der Waals surface area (Å²) in [5.41, 5.74) is -0.300. The van der Waals surface area contributed by atoms with Gasteiger partial charge in [0.2, 0.25) is 0 Å². The third-order valence-corrected chi connectivity index (χ3v) is 4.83. The van der Waals surface area contributed by atoms with E-state index < -0.39 is 32.2 Å². The number of hydrogen-bond acceptors (Lipinski definition) is 9. The second-order valence-electron chi connectivity index (χ2n) is 5.99. The van der Waals surface area contributed by atoms with Crippen LogP contribution >= 0.6 is 0 Å². The molecule has 1 N–H and O–H groups in total. The van der Waals surface area contributed by atoms with Crippen LogP contribution in [0.5, 0.6) is 0 Å². The molecule has 11 heteroatoms.